The lowest BCUT2D eigenvalue weighted by Gasteiger charge is -2.31. The number of aliphatic carboxylic acids is 2. The van der Waals surface area contributed by atoms with Crippen LogP contribution in [0.25, 0.3) is 22.1 Å². The summed E-state index contributed by atoms with van der Waals surface area (Å²) in [4.78, 5) is 36.9. The minimum Gasteiger partial charge on any atom is -0.473 e. The van der Waals surface area contributed by atoms with Gasteiger partial charge in [-0.1, -0.05) is 48.5 Å². The molecule has 2 fully saturated rings. The molecule has 0 saturated carbocycles. The van der Waals surface area contributed by atoms with Crippen LogP contribution in [0, 0.1) is 0 Å². The fourth-order valence-electron chi connectivity index (χ4n) is 6.57. The Balaban J connectivity index is 0.000000163. The van der Waals surface area contributed by atoms with E-state index in [1.165, 1.54) is 0 Å². The first-order valence-electron chi connectivity index (χ1n) is 18.4. The molecule has 55 heavy (non-hydrogen) atoms. The number of likely N-dealkylation sites (tertiary alicyclic amines) is 1. The maximum Gasteiger partial charge on any atom is 0.414 e. The van der Waals surface area contributed by atoms with E-state index in [9.17, 15) is 0 Å². The van der Waals surface area contributed by atoms with E-state index in [2.05, 4.69) is 27.2 Å². The molecular weight excluding hydrogens is 701 g/mol. The number of hydrogen-bond acceptors (Lipinski definition) is 10. The number of benzene rings is 4. The van der Waals surface area contributed by atoms with E-state index in [0.717, 1.165) is 108 Å². The number of piperidine rings is 2. The highest BCUT2D eigenvalue weighted by Crippen LogP contribution is 2.31. The fourth-order valence-corrected chi connectivity index (χ4v) is 6.57. The predicted octanol–water partition coefficient (Wildman–Crippen LogP) is 5.50. The zero-order chi connectivity index (χ0) is 38.7. The van der Waals surface area contributed by atoms with Crippen LogP contribution in [0.5, 0.6) is 0 Å². The molecule has 0 radical (unpaired) electrons. The number of para-hydroxylation sites is 4. The van der Waals surface area contributed by atoms with Crippen molar-refractivity contribution in [3.8, 4) is 0 Å². The highest BCUT2D eigenvalue weighted by atomic mass is 16.5. The first-order chi connectivity index (χ1) is 26.6. The molecule has 9 N–H and O–H groups in total. The average Bonchev–Trinajstić information content (AvgIpc) is 3.83. The number of nitrogens with two attached hydrogens (primary N) is 2. The first-order valence-corrected chi connectivity index (χ1v) is 18.4. The number of ether oxygens (including phenoxy) is 2. The van der Waals surface area contributed by atoms with E-state index in [4.69, 9.17) is 50.7 Å². The van der Waals surface area contributed by atoms with Crippen LogP contribution in [0.4, 0.5) is 11.4 Å². The molecule has 0 aliphatic carbocycles. The summed E-state index contributed by atoms with van der Waals surface area (Å²) in [5.41, 5.74) is 19.3. The minimum atomic E-state index is -1.82. The number of rotatable bonds is 8. The number of anilines is 2. The van der Waals surface area contributed by atoms with Gasteiger partial charge in [-0.25, -0.2) is 19.6 Å². The number of carboxylic acids is 2. The molecule has 2 atom stereocenters. The molecule has 8 rings (SSSR count). The molecule has 4 aromatic carbocycles. The van der Waals surface area contributed by atoms with Gasteiger partial charge in [0.1, 0.15) is 23.9 Å². The summed E-state index contributed by atoms with van der Waals surface area (Å²) in [5.74, 6) is -1.95. The summed E-state index contributed by atoms with van der Waals surface area (Å²) in [5, 5.41) is 18.2. The van der Waals surface area contributed by atoms with Crippen molar-refractivity contribution in [3.63, 3.8) is 0 Å². The molecule has 6 aromatic rings. The highest BCUT2D eigenvalue weighted by molar-refractivity contribution is 6.27. The van der Waals surface area contributed by atoms with Gasteiger partial charge in [0.25, 0.3) is 0 Å². The Labute approximate surface area is 318 Å². The first kappa shape index (κ1) is 38.9. The number of nitrogens with zero attached hydrogens (tertiary/aromatic N) is 3. The van der Waals surface area contributed by atoms with Crippen LogP contribution in [0.15, 0.2) is 97.1 Å². The number of nitrogens with one attached hydrogen (secondary N) is 3. The standard InChI is InChI=1S/C20H24N4O.C19H22N4O.C2H2O4/c1-24-12-10-16(11-13-24)25-19(14-6-8-15(21)9-7-14)20-22-17-4-2-3-5-18(17)23-20;20-14-7-5-13(6-8-14)18(24-15-9-11-21-12-10-15)19-22-16-3-1-2-4-17(16)23-19;3-1(4)2(5)6/h2-9,16,19H,10-13,21H2,1H3,(H,22,23);1-8,15,18,21H,9-12,20H2,(H,22,23);(H,3,4)(H,5,6). The van der Waals surface area contributed by atoms with Gasteiger partial charge in [-0.3, -0.25) is 0 Å². The van der Waals surface area contributed by atoms with Gasteiger partial charge in [-0.05, 0) is 105 Å². The lowest BCUT2D eigenvalue weighted by molar-refractivity contribution is -0.159. The summed E-state index contributed by atoms with van der Waals surface area (Å²) in [7, 11) is 2.16. The van der Waals surface area contributed by atoms with E-state index in [-0.39, 0.29) is 24.4 Å². The quantitative estimate of drug-likeness (QED) is 0.0758. The number of carbonyl (C=O) groups is 2. The van der Waals surface area contributed by atoms with Gasteiger partial charge in [-0.2, -0.15) is 0 Å². The fraction of sp³-hybridized carbons (Fsp3) is 0.317. The van der Waals surface area contributed by atoms with Crippen molar-refractivity contribution in [2.45, 2.75) is 50.1 Å². The number of carboxylic acid groups (broad SMARTS) is 2. The molecule has 2 aromatic heterocycles. The van der Waals surface area contributed by atoms with Crippen molar-refractivity contribution in [2.24, 2.45) is 0 Å². The highest BCUT2D eigenvalue weighted by Gasteiger charge is 2.27. The van der Waals surface area contributed by atoms with Crippen LogP contribution in [0.2, 0.25) is 0 Å². The maximum absolute atomic E-state index is 9.10. The number of hydrogen-bond donors (Lipinski definition) is 7. The zero-order valence-electron chi connectivity index (χ0n) is 30.7. The Hall–Kier alpha value is -5.80. The largest absolute Gasteiger partial charge is 0.473 e. The van der Waals surface area contributed by atoms with Gasteiger partial charge in [0.2, 0.25) is 0 Å². The molecule has 0 bridgehead atoms. The molecule has 14 heteroatoms. The molecule has 2 unspecified atom stereocenters. The Kier molecular flexibility index (Phi) is 13.1. The molecular formula is C41H48N8O6. The second-order valence-electron chi connectivity index (χ2n) is 13.7. The maximum atomic E-state index is 9.10. The Morgan fingerprint density at radius 2 is 1.05 bits per heavy atom. The van der Waals surface area contributed by atoms with Crippen molar-refractivity contribution in [1.82, 2.24) is 30.2 Å². The third kappa shape index (κ3) is 10.7. The van der Waals surface area contributed by atoms with Crippen molar-refractivity contribution in [2.75, 3.05) is 44.7 Å². The average molecular weight is 749 g/mol. The molecule has 2 aliphatic heterocycles. The van der Waals surface area contributed by atoms with Crippen LogP contribution < -0.4 is 16.8 Å². The Morgan fingerprint density at radius 3 is 1.45 bits per heavy atom. The van der Waals surface area contributed by atoms with Gasteiger partial charge in [0.15, 0.2) is 0 Å². The smallest absolute Gasteiger partial charge is 0.414 e. The summed E-state index contributed by atoms with van der Waals surface area (Å²) in [6, 6.07) is 31.9. The summed E-state index contributed by atoms with van der Waals surface area (Å²) in [6.45, 7) is 4.14. The number of H-pyrrole nitrogens is 2. The van der Waals surface area contributed by atoms with Gasteiger partial charge in [-0.15, -0.1) is 0 Å². The van der Waals surface area contributed by atoms with Crippen molar-refractivity contribution in [1.29, 1.82) is 0 Å². The van der Waals surface area contributed by atoms with Gasteiger partial charge >= 0.3 is 11.9 Å². The second kappa shape index (κ2) is 18.5. The van der Waals surface area contributed by atoms with Gasteiger partial charge in [0, 0.05) is 24.5 Å². The van der Waals surface area contributed by atoms with E-state index in [1.807, 2.05) is 97.1 Å². The molecule has 2 saturated heterocycles. The van der Waals surface area contributed by atoms with Crippen LogP contribution in [-0.2, 0) is 19.1 Å². The number of aromatic amines is 2. The summed E-state index contributed by atoms with van der Waals surface area (Å²) < 4.78 is 13.0. The number of aromatic nitrogens is 4. The molecule has 0 amide bonds. The number of fused-ring (bicyclic) bond motifs is 2. The van der Waals surface area contributed by atoms with Crippen LogP contribution in [-0.4, -0.2) is 92.4 Å². The Morgan fingerprint density at radius 1 is 0.655 bits per heavy atom. The van der Waals surface area contributed by atoms with Crippen LogP contribution >= 0.6 is 0 Å². The van der Waals surface area contributed by atoms with Gasteiger partial charge in [0.05, 0.1) is 34.3 Å². The van der Waals surface area contributed by atoms with E-state index < -0.39 is 11.9 Å². The van der Waals surface area contributed by atoms with Gasteiger partial charge < -0.3 is 51.3 Å². The van der Waals surface area contributed by atoms with E-state index in [0.29, 0.717) is 0 Å². The summed E-state index contributed by atoms with van der Waals surface area (Å²) in [6.07, 6.45) is 4.19. The lowest BCUT2D eigenvalue weighted by Crippen LogP contribution is -2.35. The molecule has 14 nitrogen and oxygen atoms in total. The number of nitrogen functional groups attached to an aromatic ring is 2. The molecule has 288 valence electrons. The third-order valence-corrected chi connectivity index (χ3v) is 9.58. The van der Waals surface area contributed by atoms with Crippen molar-refractivity contribution in [3.05, 3.63) is 120 Å². The third-order valence-electron chi connectivity index (χ3n) is 9.58. The topological polar surface area (TPSA) is 218 Å². The summed E-state index contributed by atoms with van der Waals surface area (Å²) >= 11 is 0. The van der Waals surface area contributed by atoms with Crippen LogP contribution in [0.1, 0.15) is 60.7 Å². The van der Waals surface area contributed by atoms with Crippen molar-refractivity contribution < 1.29 is 29.3 Å². The normalized spacial score (nSPS) is 16.4. The number of imidazole rings is 2. The Bertz CT molecular complexity index is 2060. The van der Waals surface area contributed by atoms with E-state index in [1.54, 1.807) is 0 Å². The monoisotopic (exact) mass is 748 g/mol. The van der Waals surface area contributed by atoms with Crippen LogP contribution in [0.3, 0.4) is 0 Å². The second-order valence-corrected chi connectivity index (χ2v) is 13.7. The molecule has 2 aliphatic rings. The molecule has 4 heterocycles. The SMILES string of the molecule is CN1CCC(OC(c2ccc(N)cc2)c2nc3ccccc3[nH]2)CC1.Nc1ccc(C(OC2CCNCC2)c2nc3ccccc3[nH]2)cc1.O=C(O)C(=O)O. The molecule has 0 spiro atoms. The minimum absolute atomic E-state index is 0.207. The lowest BCUT2D eigenvalue weighted by atomic mass is 10.1. The predicted molar refractivity (Wildman–Crippen MR) is 211 cm³/mol. The zero-order valence-corrected chi connectivity index (χ0v) is 30.7. The van der Waals surface area contributed by atoms with E-state index >= 15 is 0 Å². The van der Waals surface area contributed by atoms with Crippen molar-refractivity contribution >= 4 is 45.4 Å².